The van der Waals surface area contributed by atoms with Crippen LogP contribution in [0.3, 0.4) is 0 Å². The van der Waals surface area contributed by atoms with Crippen molar-refractivity contribution in [3.05, 3.63) is 78.4 Å². The summed E-state index contributed by atoms with van der Waals surface area (Å²) in [7, 11) is 0. The first-order valence-corrected chi connectivity index (χ1v) is 9.80. The first-order chi connectivity index (χ1) is 14.2. The van der Waals surface area contributed by atoms with Crippen molar-refractivity contribution in [1.82, 2.24) is 0 Å². The average molecular weight is 399 g/mol. The van der Waals surface area contributed by atoms with Gasteiger partial charge >= 0.3 is 0 Å². The molecule has 0 heterocycles. The molecule has 3 aromatic carbocycles. The number of amides is 1. The molecular weight excluding hydrogens is 382 g/mol. The molecule has 0 bridgehead atoms. The van der Waals surface area contributed by atoms with Crippen LogP contribution in [-0.4, -0.2) is 18.3 Å². The highest BCUT2D eigenvalue weighted by Crippen LogP contribution is 2.27. The Morgan fingerprint density at radius 1 is 0.931 bits per heavy atom. The van der Waals surface area contributed by atoms with E-state index in [4.69, 9.17) is 15.3 Å². The molecule has 6 heteroatoms. The topological polar surface area (TPSA) is 85.9 Å². The first kappa shape index (κ1) is 20.0. The highest BCUT2D eigenvalue weighted by molar-refractivity contribution is 7.99. The molecule has 0 fully saturated rings. The Balaban J connectivity index is 1.57. The molecule has 29 heavy (non-hydrogen) atoms. The second-order valence-electron chi connectivity index (χ2n) is 5.99. The van der Waals surface area contributed by atoms with E-state index >= 15 is 0 Å². The molecule has 0 atom stereocenters. The summed E-state index contributed by atoms with van der Waals surface area (Å²) >= 11 is 1.37. The molecule has 0 aliphatic carbocycles. The van der Waals surface area contributed by atoms with Gasteiger partial charge in [0.05, 0.1) is 29.1 Å². The van der Waals surface area contributed by atoms with Crippen molar-refractivity contribution in [3.8, 4) is 29.0 Å². The van der Waals surface area contributed by atoms with Crippen molar-refractivity contribution >= 4 is 23.4 Å². The Kier molecular flexibility index (Phi) is 6.89. The lowest BCUT2D eigenvalue weighted by molar-refractivity contribution is -0.118. The number of nitrogens with one attached hydrogen (secondary N) is 1. The summed E-state index contributed by atoms with van der Waals surface area (Å²) in [5.74, 6) is 0.630. The molecule has 0 aliphatic heterocycles. The minimum absolute atomic E-state index is 0.118. The molecule has 0 spiro atoms. The number of ether oxygens (including phenoxy) is 1. The summed E-state index contributed by atoms with van der Waals surface area (Å²) < 4.78 is 5.57. The van der Waals surface area contributed by atoms with Crippen LogP contribution in [0.4, 0.5) is 5.69 Å². The molecule has 5 nitrogen and oxygen atoms in total. The monoisotopic (exact) mass is 399 g/mol. The highest BCUT2D eigenvalue weighted by atomic mass is 32.2. The van der Waals surface area contributed by atoms with Crippen LogP contribution < -0.4 is 10.1 Å². The summed E-state index contributed by atoms with van der Waals surface area (Å²) in [6, 6.07) is 26.3. The fourth-order valence-electron chi connectivity index (χ4n) is 2.62. The maximum absolute atomic E-state index is 12.2. The van der Waals surface area contributed by atoms with Crippen LogP contribution in [-0.2, 0) is 4.79 Å². The van der Waals surface area contributed by atoms with Gasteiger partial charge in [-0.05, 0) is 47.5 Å². The number of thioether (sulfide) groups is 1. The second-order valence-corrected chi connectivity index (χ2v) is 7.01. The molecule has 142 valence electrons. The standard InChI is InChI=1S/C23H17N3O2S/c24-13-14-29-22-4-2-1-3-21(22)26-23(27)16-28-20-11-9-19(10-12-20)18-7-5-17(15-25)6-8-18/h1-12H,14,16H2,(H,26,27). The van der Waals surface area contributed by atoms with Crippen molar-refractivity contribution in [2.75, 3.05) is 17.7 Å². The Labute approximate surface area is 173 Å². The van der Waals surface area contributed by atoms with E-state index in [1.807, 2.05) is 42.5 Å². The largest absolute Gasteiger partial charge is 0.484 e. The van der Waals surface area contributed by atoms with Gasteiger partial charge in [-0.2, -0.15) is 10.5 Å². The zero-order valence-corrected chi connectivity index (χ0v) is 16.3. The zero-order valence-electron chi connectivity index (χ0n) is 15.5. The number of para-hydroxylation sites is 1. The van der Waals surface area contributed by atoms with Gasteiger partial charge in [0.15, 0.2) is 6.61 Å². The van der Waals surface area contributed by atoms with Crippen LogP contribution in [0.1, 0.15) is 5.56 Å². The van der Waals surface area contributed by atoms with E-state index in [9.17, 15) is 4.79 Å². The summed E-state index contributed by atoms with van der Waals surface area (Å²) in [6.45, 7) is -0.118. The number of nitrogens with zero attached hydrogens (tertiary/aromatic N) is 2. The SMILES string of the molecule is N#CCSc1ccccc1NC(=O)COc1ccc(-c2ccc(C#N)cc2)cc1. The molecule has 1 N–H and O–H groups in total. The third-order valence-corrected chi connectivity index (χ3v) is 4.97. The minimum Gasteiger partial charge on any atom is -0.484 e. The number of hydrogen-bond acceptors (Lipinski definition) is 5. The fourth-order valence-corrected chi connectivity index (χ4v) is 3.29. The molecular formula is C23H17N3O2S. The molecule has 1 amide bonds. The van der Waals surface area contributed by atoms with Gasteiger partial charge in [-0.3, -0.25) is 4.79 Å². The number of carbonyl (C=O) groups excluding carboxylic acids is 1. The Hall–Kier alpha value is -3.74. The van der Waals surface area contributed by atoms with Gasteiger partial charge in [0.25, 0.3) is 5.91 Å². The summed E-state index contributed by atoms with van der Waals surface area (Å²) in [5, 5.41) is 20.4. The van der Waals surface area contributed by atoms with Gasteiger partial charge < -0.3 is 10.1 Å². The van der Waals surface area contributed by atoms with Crippen LogP contribution in [0.5, 0.6) is 5.75 Å². The van der Waals surface area contributed by atoms with E-state index in [0.717, 1.165) is 16.0 Å². The third-order valence-electron chi connectivity index (χ3n) is 4.02. The molecule has 0 aromatic heterocycles. The van der Waals surface area contributed by atoms with Crippen molar-refractivity contribution < 1.29 is 9.53 Å². The number of hydrogen-bond donors (Lipinski definition) is 1. The van der Waals surface area contributed by atoms with Gasteiger partial charge in [-0.1, -0.05) is 36.4 Å². The number of rotatable bonds is 7. The Bertz CT molecular complexity index is 1070. The Morgan fingerprint density at radius 2 is 1.59 bits per heavy atom. The van der Waals surface area contributed by atoms with Crippen molar-refractivity contribution in [3.63, 3.8) is 0 Å². The smallest absolute Gasteiger partial charge is 0.262 e. The van der Waals surface area contributed by atoms with Gasteiger partial charge in [0.1, 0.15) is 5.75 Å². The predicted octanol–water partition coefficient (Wildman–Crippen LogP) is 4.86. The Morgan fingerprint density at radius 3 is 2.24 bits per heavy atom. The van der Waals surface area contributed by atoms with Gasteiger partial charge in [0, 0.05) is 4.90 Å². The molecule has 3 rings (SSSR count). The van der Waals surface area contributed by atoms with Gasteiger partial charge in [-0.25, -0.2) is 0 Å². The average Bonchev–Trinajstić information content (AvgIpc) is 2.77. The van der Waals surface area contributed by atoms with E-state index in [-0.39, 0.29) is 12.5 Å². The lowest BCUT2D eigenvalue weighted by Crippen LogP contribution is -2.20. The maximum Gasteiger partial charge on any atom is 0.262 e. The lowest BCUT2D eigenvalue weighted by Gasteiger charge is -2.11. The maximum atomic E-state index is 12.2. The minimum atomic E-state index is -0.272. The summed E-state index contributed by atoms with van der Waals surface area (Å²) in [4.78, 5) is 13.1. The van der Waals surface area contributed by atoms with Crippen LogP contribution in [0.25, 0.3) is 11.1 Å². The summed E-state index contributed by atoms with van der Waals surface area (Å²) in [5.41, 5.74) is 3.28. The third kappa shape index (κ3) is 5.62. The number of nitriles is 2. The summed E-state index contributed by atoms with van der Waals surface area (Å²) in [6.07, 6.45) is 0. The van der Waals surface area contributed by atoms with E-state index in [1.165, 1.54) is 11.8 Å². The fraction of sp³-hybridized carbons (Fsp3) is 0.0870. The second kappa shape index (κ2) is 9.98. The van der Waals surface area contributed by atoms with Crippen LogP contribution in [0.2, 0.25) is 0 Å². The molecule has 0 saturated heterocycles. The molecule has 0 radical (unpaired) electrons. The van der Waals surface area contributed by atoms with Crippen LogP contribution >= 0.6 is 11.8 Å². The van der Waals surface area contributed by atoms with Crippen molar-refractivity contribution in [2.24, 2.45) is 0 Å². The quantitative estimate of drug-likeness (QED) is 0.574. The van der Waals surface area contributed by atoms with E-state index in [1.54, 1.807) is 30.3 Å². The van der Waals surface area contributed by atoms with Crippen LogP contribution in [0.15, 0.2) is 77.7 Å². The number of carbonyl (C=O) groups is 1. The number of anilines is 1. The molecule has 3 aromatic rings. The zero-order chi connectivity index (χ0) is 20.5. The molecule has 0 unspecified atom stereocenters. The molecule has 0 saturated carbocycles. The highest BCUT2D eigenvalue weighted by Gasteiger charge is 2.08. The first-order valence-electron chi connectivity index (χ1n) is 8.81. The number of benzene rings is 3. The van der Waals surface area contributed by atoms with Crippen molar-refractivity contribution in [1.29, 1.82) is 10.5 Å². The van der Waals surface area contributed by atoms with E-state index in [0.29, 0.717) is 22.8 Å². The van der Waals surface area contributed by atoms with E-state index in [2.05, 4.69) is 17.5 Å². The van der Waals surface area contributed by atoms with Crippen LogP contribution in [0, 0.1) is 22.7 Å². The molecule has 0 aliphatic rings. The van der Waals surface area contributed by atoms with Gasteiger partial charge in [0.2, 0.25) is 0 Å². The van der Waals surface area contributed by atoms with Gasteiger partial charge in [-0.15, -0.1) is 11.8 Å². The lowest BCUT2D eigenvalue weighted by atomic mass is 10.0. The normalized spacial score (nSPS) is 9.86. The predicted molar refractivity (Wildman–Crippen MR) is 113 cm³/mol. The van der Waals surface area contributed by atoms with Crippen molar-refractivity contribution in [2.45, 2.75) is 4.90 Å². The van der Waals surface area contributed by atoms with E-state index < -0.39 is 0 Å².